The second-order valence-electron chi connectivity index (χ2n) is 6.27. The Kier molecular flexibility index (Phi) is 3.43. The average Bonchev–Trinajstić information content (AvgIpc) is 3.11. The first-order chi connectivity index (χ1) is 12.7. The zero-order chi connectivity index (χ0) is 17.7. The number of hydrogen-bond donors (Lipinski definition) is 0. The van der Waals surface area contributed by atoms with Gasteiger partial charge in [0.15, 0.2) is 11.3 Å². The molecule has 0 unspecified atom stereocenters. The number of fused-ring (bicyclic) bond motifs is 4. The van der Waals surface area contributed by atoms with Gasteiger partial charge in [0.25, 0.3) is 0 Å². The smallest absolute Gasteiger partial charge is 0.346 e. The summed E-state index contributed by atoms with van der Waals surface area (Å²) >= 11 is 1.58. The maximum atomic E-state index is 12.6. The monoisotopic (exact) mass is 361 g/mol. The highest BCUT2D eigenvalue weighted by Crippen LogP contribution is 2.39. The first-order valence-electron chi connectivity index (χ1n) is 8.44. The molecule has 0 bridgehead atoms. The molecule has 1 aliphatic carbocycles. The van der Waals surface area contributed by atoms with E-state index in [1.54, 1.807) is 24.5 Å². The van der Waals surface area contributed by atoms with E-state index in [9.17, 15) is 4.79 Å². The van der Waals surface area contributed by atoms with Crippen LogP contribution in [0, 0.1) is 0 Å². The fourth-order valence-corrected chi connectivity index (χ4v) is 4.57. The van der Waals surface area contributed by atoms with Crippen molar-refractivity contribution in [2.24, 2.45) is 0 Å². The number of benzene rings is 2. The van der Waals surface area contributed by atoms with Crippen molar-refractivity contribution < 1.29 is 9.15 Å². The Morgan fingerprint density at radius 2 is 1.96 bits per heavy atom. The second kappa shape index (κ2) is 5.81. The minimum Gasteiger partial charge on any atom is -0.493 e. The van der Waals surface area contributed by atoms with Crippen molar-refractivity contribution >= 4 is 22.3 Å². The predicted molar refractivity (Wildman–Crippen MR) is 103 cm³/mol. The van der Waals surface area contributed by atoms with Crippen molar-refractivity contribution in [1.29, 1.82) is 0 Å². The lowest BCUT2D eigenvalue weighted by molar-refractivity contribution is 0.407. The fraction of sp³-hybridized carbons (Fsp3) is 0.143. The van der Waals surface area contributed by atoms with Gasteiger partial charge in [0.2, 0.25) is 0 Å². The summed E-state index contributed by atoms with van der Waals surface area (Å²) in [5.74, 6) is 0.554. The zero-order valence-corrected chi connectivity index (χ0v) is 14.9. The standard InChI is InChI=1S/C21H15NO3S/c1-24-16-8-4-6-13-11-15(21(23)25-19(13)16)20-22-18-14-7-3-2-5-12(14)9-10-17(18)26-20/h2-8,11H,9-10H2,1H3. The largest absolute Gasteiger partial charge is 0.493 e. The van der Waals surface area contributed by atoms with Crippen LogP contribution < -0.4 is 10.4 Å². The van der Waals surface area contributed by atoms with Crippen LogP contribution in [0.4, 0.5) is 0 Å². The van der Waals surface area contributed by atoms with Gasteiger partial charge in [-0.05, 0) is 30.5 Å². The molecule has 26 heavy (non-hydrogen) atoms. The van der Waals surface area contributed by atoms with Gasteiger partial charge in [-0.25, -0.2) is 9.78 Å². The van der Waals surface area contributed by atoms with Crippen LogP contribution >= 0.6 is 11.3 Å². The Morgan fingerprint density at radius 1 is 1.08 bits per heavy atom. The fourth-order valence-electron chi connectivity index (χ4n) is 3.49. The van der Waals surface area contributed by atoms with Crippen molar-refractivity contribution in [2.45, 2.75) is 12.8 Å². The van der Waals surface area contributed by atoms with Crippen molar-refractivity contribution in [3.8, 4) is 27.6 Å². The van der Waals surface area contributed by atoms with Gasteiger partial charge < -0.3 is 9.15 Å². The number of thiazole rings is 1. The molecule has 4 nitrogen and oxygen atoms in total. The van der Waals surface area contributed by atoms with E-state index in [2.05, 4.69) is 18.2 Å². The first-order valence-corrected chi connectivity index (χ1v) is 9.25. The number of aromatic nitrogens is 1. The van der Waals surface area contributed by atoms with Gasteiger partial charge in [-0.1, -0.05) is 36.4 Å². The Balaban J connectivity index is 1.70. The molecule has 2 heterocycles. The van der Waals surface area contributed by atoms with Crippen molar-refractivity contribution in [3.05, 3.63) is 69.4 Å². The number of rotatable bonds is 2. The van der Waals surface area contributed by atoms with Crippen molar-refractivity contribution in [2.75, 3.05) is 7.11 Å². The third-order valence-electron chi connectivity index (χ3n) is 4.77. The van der Waals surface area contributed by atoms with E-state index in [1.807, 2.05) is 24.3 Å². The quantitative estimate of drug-likeness (QED) is 0.486. The molecule has 0 saturated heterocycles. The molecule has 0 fully saturated rings. The van der Waals surface area contributed by atoms with Gasteiger partial charge in [0.05, 0.1) is 18.4 Å². The number of aryl methyl sites for hydroxylation is 2. The van der Waals surface area contributed by atoms with Crippen LogP contribution in [0.25, 0.3) is 32.8 Å². The lowest BCUT2D eigenvalue weighted by Crippen LogP contribution is -2.03. The summed E-state index contributed by atoms with van der Waals surface area (Å²) in [5.41, 5.74) is 4.06. The maximum absolute atomic E-state index is 12.6. The predicted octanol–water partition coefficient (Wildman–Crippen LogP) is 4.69. The van der Waals surface area contributed by atoms with Gasteiger partial charge in [0, 0.05) is 15.8 Å². The topological polar surface area (TPSA) is 52.3 Å². The average molecular weight is 361 g/mol. The van der Waals surface area contributed by atoms with Crippen LogP contribution in [-0.2, 0) is 12.8 Å². The summed E-state index contributed by atoms with van der Waals surface area (Å²) in [6, 6.07) is 15.8. The van der Waals surface area contributed by atoms with Crippen molar-refractivity contribution in [1.82, 2.24) is 4.98 Å². The maximum Gasteiger partial charge on any atom is 0.346 e. The van der Waals surface area contributed by atoms with Crippen LogP contribution in [0.1, 0.15) is 10.4 Å². The van der Waals surface area contributed by atoms with Crippen LogP contribution in [0.5, 0.6) is 5.75 Å². The zero-order valence-electron chi connectivity index (χ0n) is 14.1. The van der Waals surface area contributed by atoms with Crippen LogP contribution in [0.15, 0.2) is 57.7 Å². The molecule has 0 atom stereocenters. The Labute approximate surface area is 153 Å². The molecule has 128 valence electrons. The molecule has 0 aliphatic heterocycles. The van der Waals surface area contributed by atoms with Gasteiger partial charge in [-0.15, -0.1) is 11.3 Å². The molecule has 5 rings (SSSR count). The van der Waals surface area contributed by atoms with E-state index in [1.165, 1.54) is 16.0 Å². The van der Waals surface area contributed by atoms with E-state index >= 15 is 0 Å². The summed E-state index contributed by atoms with van der Waals surface area (Å²) < 4.78 is 10.8. The number of hydrogen-bond acceptors (Lipinski definition) is 5. The van der Waals surface area contributed by atoms with E-state index in [0.29, 0.717) is 21.9 Å². The number of ether oxygens (including phenoxy) is 1. The van der Waals surface area contributed by atoms with Gasteiger partial charge in [-0.3, -0.25) is 0 Å². The van der Waals surface area contributed by atoms with E-state index in [-0.39, 0.29) is 5.63 Å². The molecule has 0 amide bonds. The second-order valence-corrected chi connectivity index (χ2v) is 7.36. The summed E-state index contributed by atoms with van der Waals surface area (Å²) in [7, 11) is 1.56. The summed E-state index contributed by atoms with van der Waals surface area (Å²) in [4.78, 5) is 18.6. The normalized spacial score (nSPS) is 12.7. The molecule has 0 spiro atoms. The Hall–Kier alpha value is -2.92. The molecular weight excluding hydrogens is 346 g/mol. The summed E-state index contributed by atoms with van der Waals surface area (Å²) in [5, 5.41) is 1.54. The molecule has 0 saturated carbocycles. The molecule has 1 aliphatic rings. The summed E-state index contributed by atoms with van der Waals surface area (Å²) in [6.07, 6.45) is 1.96. The van der Waals surface area contributed by atoms with Crippen LogP contribution in [0.2, 0.25) is 0 Å². The summed E-state index contributed by atoms with van der Waals surface area (Å²) in [6.45, 7) is 0. The van der Waals surface area contributed by atoms with E-state index in [0.717, 1.165) is 23.9 Å². The minimum atomic E-state index is -0.388. The number of para-hydroxylation sites is 1. The first kappa shape index (κ1) is 15.3. The van der Waals surface area contributed by atoms with Gasteiger partial charge in [-0.2, -0.15) is 0 Å². The minimum absolute atomic E-state index is 0.388. The van der Waals surface area contributed by atoms with Gasteiger partial charge in [0.1, 0.15) is 5.01 Å². The highest BCUT2D eigenvalue weighted by atomic mass is 32.1. The highest BCUT2D eigenvalue weighted by Gasteiger charge is 2.22. The Morgan fingerprint density at radius 3 is 2.85 bits per heavy atom. The molecule has 4 aromatic rings. The van der Waals surface area contributed by atoms with Gasteiger partial charge >= 0.3 is 5.63 Å². The third-order valence-corrected chi connectivity index (χ3v) is 5.91. The third kappa shape index (κ3) is 2.28. The lowest BCUT2D eigenvalue weighted by atomic mass is 9.94. The molecule has 5 heteroatoms. The Bertz CT molecular complexity index is 1210. The molecule has 2 aromatic heterocycles. The molecule has 0 radical (unpaired) electrons. The number of nitrogens with zero attached hydrogens (tertiary/aromatic N) is 1. The molecule has 2 aromatic carbocycles. The van der Waals surface area contributed by atoms with Crippen molar-refractivity contribution in [3.63, 3.8) is 0 Å². The molecular formula is C21H15NO3S. The molecule has 0 N–H and O–H groups in total. The van der Waals surface area contributed by atoms with Crippen LogP contribution in [0.3, 0.4) is 0 Å². The lowest BCUT2D eigenvalue weighted by Gasteiger charge is -2.13. The van der Waals surface area contributed by atoms with E-state index in [4.69, 9.17) is 14.1 Å². The number of methoxy groups -OCH3 is 1. The highest BCUT2D eigenvalue weighted by molar-refractivity contribution is 7.15. The van der Waals surface area contributed by atoms with Crippen LogP contribution in [-0.4, -0.2) is 12.1 Å². The SMILES string of the molecule is COc1cccc2cc(-c3nc4c(s3)CCc3ccccc3-4)c(=O)oc12. The van der Waals surface area contributed by atoms with E-state index < -0.39 is 0 Å².